The maximum atomic E-state index is 8.68. The largest absolute Gasteiger partial charge is 0.437 e. The molecule has 582 valence electrons. The van der Waals surface area contributed by atoms with Gasteiger partial charge in [-0.3, -0.25) is 0 Å². The molecule has 12 nitrogen and oxygen atoms in total. The molecule has 12 aromatic heterocycles. The fourth-order valence-corrected chi connectivity index (χ4v) is 15.2. The van der Waals surface area contributed by atoms with E-state index in [9.17, 15) is 0 Å². The molecule has 0 aliphatic heterocycles. The van der Waals surface area contributed by atoms with Gasteiger partial charge in [-0.2, -0.15) is 0 Å². The van der Waals surface area contributed by atoms with Crippen LogP contribution in [-0.2, 0) is 34.6 Å². The summed E-state index contributed by atoms with van der Waals surface area (Å²) in [5.41, 5.74) is 20.7. The van der Waals surface area contributed by atoms with Gasteiger partial charge in [0.05, 0.1) is 22.3 Å². The maximum absolute atomic E-state index is 8.68. The number of aryl methyl sites for hydroxylation is 12. The molecule has 0 aliphatic rings. The van der Waals surface area contributed by atoms with Crippen molar-refractivity contribution in [2.24, 2.45) is 34.1 Å². The normalized spacial score (nSPS) is 16.8. The minimum absolute atomic E-state index is 0.0838. The van der Waals surface area contributed by atoms with Crippen molar-refractivity contribution in [1.82, 2.24) is 19.9 Å². The van der Waals surface area contributed by atoms with Crippen LogP contribution in [0.1, 0.15) is 270 Å². The summed E-state index contributed by atoms with van der Waals surface area (Å²) in [6, 6.07) is 38.3. The summed E-state index contributed by atoms with van der Waals surface area (Å²) in [7, 11) is 7.35. The molecule has 113 heavy (non-hydrogen) atoms. The summed E-state index contributed by atoms with van der Waals surface area (Å²) in [4.78, 5) is 18.4. The Kier molecular flexibility index (Phi) is 16.3. The predicted octanol–water partition coefficient (Wildman–Crippen LogP) is 25.4. The molecule has 0 saturated carbocycles. The van der Waals surface area contributed by atoms with Crippen molar-refractivity contribution in [1.29, 1.82) is 0 Å². The van der Waals surface area contributed by atoms with E-state index < -0.39 is 75.0 Å². The monoisotopic (exact) mass is 1530 g/mol. The van der Waals surface area contributed by atoms with Crippen molar-refractivity contribution in [3.63, 3.8) is 0 Å². The Labute approximate surface area is 698 Å². The quantitative estimate of drug-likeness (QED) is 0.105. The Morgan fingerprint density at radius 2 is 0.593 bits per heavy atom. The topological polar surface area (TPSA) is 120 Å². The number of fused-ring (bicyclic) bond motifs is 12. The number of furan rings is 4. The summed E-state index contributed by atoms with van der Waals surface area (Å²) < 4.78 is 204. The molecule has 12 heteroatoms. The zero-order valence-electron chi connectivity index (χ0n) is 90.6. The second-order valence-electron chi connectivity index (χ2n) is 31.6. The van der Waals surface area contributed by atoms with E-state index in [1.807, 2.05) is 179 Å². The third kappa shape index (κ3) is 15.6. The smallest absolute Gasteiger partial charge is 0.227 e. The van der Waals surface area contributed by atoms with Crippen LogP contribution in [0.15, 0.2) is 164 Å². The third-order valence-corrected chi connectivity index (χ3v) is 21.3. The molecule has 2 atom stereocenters. The van der Waals surface area contributed by atoms with Crippen molar-refractivity contribution < 1.29 is 64.7 Å². The van der Waals surface area contributed by atoms with Gasteiger partial charge in [0.15, 0.2) is 47.1 Å². The lowest BCUT2D eigenvalue weighted by atomic mass is 9.94. The first-order valence-corrected chi connectivity index (χ1v) is 38.3. The lowest BCUT2D eigenvalue weighted by Gasteiger charge is -2.12. The first-order valence-electron chi connectivity index (χ1n) is 48.8. The van der Waals surface area contributed by atoms with Crippen molar-refractivity contribution >= 4 is 88.3 Å². The first-order chi connectivity index (χ1) is 61.4. The van der Waals surface area contributed by atoms with Gasteiger partial charge in [0.1, 0.15) is 28.2 Å². The van der Waals surface area contributed by atoms with Gasteiger partial charge in [0.25, 0.3) is 0 Å². The Hall–Kier alpha value is -10.7. The van der Waals surface area contributed by atoms with Crippen molar-refractivity contribution in [2.75, 3.05) is 0 Å². The summed E-state index contributed by atoms with van der Waals surface area (Å²) >= 11 is 0. The molecule has 0 radical (unpaired) electrons. The zero-order chi connectivity index (χ0) is 99.6. The lowest BCUT2D eigenvalue weighted by molar-refractivity contribution is -0.661. The molecule has 0 amide bonds. The van der Waals surface area contributed by atoms with E-state index in [1.165, 1.54) is 26.1 Å². The first kappa shape index (κ1) is 57.3. The van der Waals surface area contributed by atoms with Gasteiger partial charge < -0.3 is 17.7 Å². The van der Waals surface area contributed by atoms with E-state index in [-0.39, 0.29) is 22.6 Å². The SMILES string of the molecule is [2H]C(C)(C)c1c[n+](C)c(-c2c(C)ccc3c2oc2nc(C([2H])([2H])C(C)C)ccc23)cc1C.[2H]C(C)(C)c1ccc2c(n1)oc1c(-c3cc(C)c(C([2H])(C)C([2H])([2H])[2H])c[n+]3C)c(C)ccc12.[2H]C([2H])([2H])c1c[n+](C)c(-c2c(C)ccc3c2oc2nc(C([2H])(C)C)ccc23)cc1C([2H])(C)C.[2H]C([2H])([2H])c1c[n+](C)c(-c2c(C)ccc3c2oc2nc(C([2H])(C)C)ccc23)cc1C([2H])(C)C([2H])([2H])[2H]. The highest BCUT2D eigenvalue weighted by Gasteiger charge is 2.29. The molecule has 0 fully saturated rings. The van der Waals surface area contributed by atoms with Crippen LogP contribution in [0.25, 0.3) is 133 Å². The summed E-state index contributed by atoms with van der Waals surface area (Å²) in [5, 5.41) is 6.99. The van der Waals surface area contributed by atoms with E-state index in [2.05, 4.69) is 43.6 Å². The number of pyridine rings is 8. The van der Waals surface area contributed by atoms with E-state index in [0.717, 1.165) is 121 Å². The second kappa shape index (κ2) is 32.0. The highest BCUT2D eigenvalue weighted by molar-refractivity contribution is 6.12. The number of hydrogen-bond donors (Lipinski definition) is 0. The van der Waals surface area contributed by atoms with Gasteiger partial charge in [-0.15, -0.1) is 0 Å². The standard InChI is InChI=1S/C26H31N2O.3C25H29N2O/c1-15(2)12-19-9-11-21-20-10-8-17(5)24(25(20)29-26(21)27-19)23-13-18(6)22(16(3)4)14-28(23)7;2*1-14(2)20-12-22(27(7)13-17(20)6)23-16(5)8-9-18-19-10-11-21(15(3)4)26-25(19)28-24(18)23;1-14(2)20-13-27(7)22(12-17(20)6)23-16(5)8-9-18-19-10-11-21(15(3)4)26-25(19)28-24(18)23/h8-11,13-16H,12H2,1-7H3;3*8-15H,1-7H3/q4*+1/i12D2,16D;1D3,6D3,14D,15D;6D3,14D,15D;1D3,14D,15D. The fourth-order valence-electron chi connectivity index (χ4n) is 15.2. The Morgan fingerprint density at radius 3 is 0.903 bits per heavy atom. The third-order valence-electron chi connectivity index (χ3n) is 21.3. The molecule has 2 unspecified atom stereocenters. The van der Waals surface area contributed by atoms with Gasteiger partial charge in [0.2, 0.25) is 45.6 Å². The van der Waals surface area contributed by atoms with Crippen LogP contribution in [0.4, 0.5) is 0 Å². The van der Waals surface area contributed by atoms with Crippen molar-refractivity contribution in [2.45, 2.75) is 214 Å². The van der Waals surface area contributed by atoms with Crippen LogP contribution in [-0.4, -0.2) is 19.9 Å². The minimum Gasteiger partial charge on any atom is -0.437 e. The summed E-state index contributed by atoms with van der Waals surface area (Å²) in [6.45, 7) is 25.9. The molecule has 0 bridgehead atoms. The Bertz CT molecular complexity index is 7360. The fraction of sp³-hybridized carbons (Fsp3) is 0.366. The number of nitrogens with zero attached hydrogens (tertiary/aromatic N) is 8. The van der Waals surface area contributed by atoms with E-state index in [4.69, 9.17) is 46.5 Å². The molecular formula is C101H118N8O4+4. The van der Waals surface area contributed by atoms with Crippen LogP contribution in [0.5, 0.6) is 0 Å². The average Bonchev–Trinajstić information content (AvgIpc) is 1.44. The lowest BCUT2D eigenvalue weighted by Crippen LogP contribution is -2.32. The molecule has 16 aromatic rings. The van der Waals surface area contributed by atoms with Crippen molar-refractivity contribution in [3.05, 3.63) is 236 Å². The summed E-state index contributed by atoms with van der Waals surface area (Å²) in [6.07, 6.45) is 5.23. The summed E-state index contributed by atoms with van der Waals surface area (Å²) in [5.74, 6) is -8.46. The van der Waals surface area contributed by atoms with Crippen LogP contribution in [0.2, 0.25) is 0 Å². The van der Waals surface area contributed by atoms with Crippen LogP contribution in [0.3, 0.4) is 0 Å². The molecule has 4 aromatic carbocycles. The highest BCUT2D eigenvalue weighted by atomic mass is 16.4. The molecular weight excluding hydrogens is 1390 g/mol. The van der Waals surface area contributed by atoms with Gasteiger partial charge in [-0.1, -0.05) is 159 Å². The van der Waals surface area contributed by atoms with E-state index >= 15 is 0 Å². The second-order valence-corrected chi connectivity index (χ2v) is 31.6. The molecule has 12 heterocycles. The number of benzene rings is 4. The van der Waals surface area contributed by atoms with Crippen molar-refractivity contribution in [3.8, 4) is 45.0 Å². The molecule has 0 aliphatic carbocycles. The van der Waals surface area contributed by atoms with Gasteiger partial charge in [-0.05, 0) is 202 Å². The van der Waals surface area contributed by atoms with E-state index in [1.54, 1.807) is 102 Å². The van der Waals surface area contributed by atoms with E-state index in [0.29, 0.717) is 84.8 Å². The number of hydrogen-bond acceptors (Lipinski definition) is 8. The number of rotatable bonds is 13. The molecule has 16 rings (SSSR count). The molecule has 0 spiro atoms. The van der Waals surface area contributed by atoms with Gasteiger partial charge >= 0.3 is 0 Å². The van der Waals surface area contributed by atoms with Gasteiger partial charge in [0, 0.05) is 141 Å². The Balaban J connectivity index is 0.000000152. The average molecular weight is 1530 g/mol. The molecule has 0 N–H and O–H groups in total. The number of aromatic nitrogens is 8. The van der Waals surface area contributed by atoms with Crippen LogP contribution >= 0.6 is 0 Å². The highest BCUT2D eigenvalue weighted by Crippen LogP contribution is 2.43. The molecule has 0 saturated heterocycles. The zero-order valence-corrected chi connectivity index (χ0v) is 69.6. The minimum atomic E-state index is -2.76. The van der Waals surface area contributed by atoms with Crippen LogP contribution in [0, 0.1) is 61.2 Å². The van der Waals surface area contributed by atoms with Crippen LogP contribution < -0.4 is 18.3 Å². The Morgan fingerprint density at radius 1 is 0.310 bits per heavy atom. The van der Waals surface area contributed by atoms with Gasteiger partial charge in [-0.25, -0.2) is 38.2 Å². The maximum Gasteiger partial charge on any atom is 0.227 e. The predicted molar refractivity (Wildman–Crippen MR) is 468 cm³/mol.